The lowest BCUT2D eigenvalue weighted by atomic mass is 10.4. The fourth-order valence-electron chi connectivity index (χ4n) is 0.218. The minimum absolute atomic E-state index is 0.397. The van der Waals surface area contributed by atoms with Crippen LogP contribution in [0.3, 0.4) is 0 Å². The SMILES string of the molecule is CC(C)=CN=C(C)F. The molecule has 0 aromatic rings. The second-order valence-electron chi connectivity index (χ2n) is 1.83. The number of aliphatic imine (C=N–C) groups is 1. The molecule has 0 radical (unpaired) electrons. The van der Waals surface area contributed by atoms with Crippen LogP contribution in [0.25, 0.3) is 0 Å². The number of halogens is 1. The molecule has 0 aliphatic rings. The molecule has 0 saturated heterocycles. The molecular formula is C6H10FN. The van der Waals surface area contributed by atoms with Gasteiger partial charge in [-0.3, -0.25) is 0 Å². The zero-order valence-corrected chi connectivity index (χ0v) is 5.40. The summed E-state index contributed by atoms with van der Waals surface area (Å²) in [7, 11) is 0. The van der Waals surface area contributed by atoms with E-state index in [4.69, 9.17) is 0 Å². The Hall–Kier alpha value is -0.660. The molecule has 8 heavy (non-hydrogen) atoms. The molecular weight excluding hydrogens is 105 g/mol. The van der Waals surface area contributed by atoms with E-state index in [-0.39, 0.29) is 0 Å². The predicted octanol–water partition coefficient (Wildman–Crippen LogP) is 2.30. The van der Waals surface area contributed by atoms with Crippen molar-refractivity contribution in [3.63, 3.8) is 0 Å². The third-order valence-corrected chi connectivity index (χ3v) is 0.501. The van der Waals surface area contributed by atoms with Gasteiger partial charge < -0.3 is 0 Å². The molecule has 0 atom stereocenters. The van der Waals surface area contributed by atoms with Gasteiger partial charge in [-0.15, -0.1) is 0 Å². The molecule has 0 unspecified atom stereocenters. The summed E-state index contributed by atoms with van der Waals surface area (Å²) in [4.78, 5) is 3.41. The molecule has 0 aromatic carbocycles. The monoisotopic (exact) mass is 115 g/mol. The molecule has 0 bridgehead atoms. The highest BCUT2D eigenvalue weighted by Crippen LogP contribution is 1.89. The van der Waals surface area contributed by atoms with Crippen molar-refractivity contribution in [1.29, 1.82) is 0 Å². The van der Waals surface area contributed by atoms with Gasteiger partial charge in [-0.05, 0) is 13.8 Å². The van der Waals surface area contributed by atoms with Crippen LogP contribution in [-0.2, 0) is 0 Å². The molecule has 0 heterocycles. The van der Waals surface area contributed by atoms with E-state index in [9.17, 15) is 4.39 Å². The predicted molar refractivity (Wildman–Crippen MR) is 33.6 cm³/mol. The molecule has 2 heteroatoms. The van der Waals surface area contributed by atoms with Crippen molar-refractivity contribution in [2.24, 2.45) is 4.99 Å². The summed E-state index contributed by atoms with van der Waals surface area (Å²) in [5.41, 5.74) is 1.00. The number of nitrogens with zero attached hydrogens (tertiary/aromatic N) is 1. The zero-order chi connectivity index (χ0) is 6.57. The van der Waals surface area contributed by atoms with Gasteiger partial charge in [0.05, 0.1) is 0 Å². The Labute approximate surface area is 48.9 Å². The molecule has 0 rings (SSSR count). The Morgan fingerprint density at radius 2 is 1.88 bits per heavy atom. The first kappa shape index (κ1) is 7.34. The molecule has 1 nitrogen and oxygen atoms in total. The third-order valence-electron chi connectivity index (χ3n) is 0.501. The van der Waals surface area contributed by atoms with Crippen LogP contribution >= 0.6 is 0 Å². The molecule has 0 aliphatic carbocycles. The molecule has 0 amide bonds. The first-order valence-electron chi connectivity index (χ1n) is 2.46. The van der Waals surface area contributed by atoms with Crippen molar-refractivity contribution in [2.75, 3.05) is 0 Å². The van der Waals surface area contributed by atoms with Crippen LogP contribution in [0.15, 0.2) is 16.8 Å². The second kappa shape index (κ2) is 3.36. The lowest BCUT2D eigenvalue weighted by Crippen LogP contribution is -1.72. The van der Waals surface area contributed by atoms with Gasteiger partial charge >= 0.3 is 0 Å². The first-order chi connectivity index (χ1) is 3.63. The molecule has 0 saturated carbocycles. The maximum atomic E-state index is 11.8. The summed E-state index contributed by atoms with van der Waals surface area (Å²) in [6.07, 6.45) is 1.50. The number of rotatable bonds is 1. The van der Waals surface area contributed by atoms with E-state index in [0.29, 0.717) is 0 Å². The minimum Gasteiger partial charge on any atom is -0.232 e. The number of allylic oxidation sites excluding steroid dienone is 1. The van der Waals surface area contributed by atoms with Crippen LogP contribution in [0.5, 0.6) is 0 Å². The van der Waals surface area contributed by atoms with E-state index >= 15 is 0 Å². The van der Waals surface area contributed by atoms with E-state index in [1.165, 1.54) is 13.1 Å². The summed E-state index contributed by atoms with van der Waals surface area (Å²) in [6.45, 7) is 5.05. The second-order valence-corrected chi connectivity index (χ2v) is 1.83. The standard InChI is InChI=1S/C6H10FN/c1-5(2)4-8-6(3)7/h4H,1-3H3. The molecule has 0 N–H and O–H groups in total. The van der Waals surface area contributed by atoms with Crippen molar-refractivity contribution in [1.82, 2.24) is 0 Å². The highest BCUT2D eigenvalue weighted by atomic mass is 19.1. The first-order valence-corrected chi connectivity index (χ1v) is 2.46. The lowest BCUT2D eigenvalue weighted by molar-refractivity contribution is 0.797. The highest BCUT2D eigenvalue weighted by Gasteiger charge is 1.76. The van der Waals surface area contributed by atoms with Crippen molar-refractivity contribution in [2.45, 2.75) is 20.8 Å². The van der Waals surface area contributed by atoms with Gasteiger partial charge in [0.15, 0.2) is 5.97 Å². The average Bonchev–Trinajstić information content (AvgIpc) is 1.61. The Morgan fingerprint density at radius 3 is 2.00 bits per heavy atom. The molecule has 0 aromatic heterocycles. The maximum absolute atomic E-state index is 11.8. The van der Waals surface area contributed by atoms with Crippen molar-refractivity contribution in [3.8, 4) is 0 Å². The third kappa shape index (κ3) is 5.34. The van der Waals surface area contributed by atoms with Gasteiger partial charge in [-0.1, -0.05) is 5.57 Å². The van der Waals surface area contributed by atoms with Crippen molar-refractivity contribution >= 4 is 5.97 Å². The Balaban J connectivity index is 3.76. The van der Waals surface area contributed by atoms with Crippen LogP contribution < -0.4 is 0 Å². The van der Waals surface area contributed by atoms with E-state index in [1.54, 1.807) is 0 Å². The number of hydrogen-bond donors (Lipinski definition) is 0. The summed E-state index contributed by atoms with van der Waals surface area (Å²) < 4.78 is 11.8. The van der Waals surface area contributed by atoms with Gasteiger partial charge in [-0.2, -0.15) is 4.39 Å². The quantitative estimate of drug-likeness (QED) is 0.465. The van der Waals surface area contributed by atoms with Crippen LogP contribution in [0.1, 0.15) is 20.8 Å². The minimum atomic E-state index is -0.397. The van der Waals surface area contributed by atoms with Crippen molar-refractivity contribution in [3.05, 3.63) is 11.8 Å². The summed E-state index contributed by atoms with van der Waals surface area (Å²) in [5.74, 6) is -0.397. The normalized spacial score (nSPS) is 11.2. The molecule has 0 fully saturated rings. The van der Waals surface area contributed by atoms with E-state index in [2.05, 4.69) is 4.99 Å². The van der Waals surface area contributed by atoms with E-state index in [1.807, 2.05) is 13.8 Å². The molecule has 0 aliphatic heterocycles. The van der Waals surface area contributed by atoms with Gasteiger partial charge in [0.25, 0.3) is 0 Å². The van der Waals surface area contributed by atoms with Crippen LogP contribution in [0.2, 0.25) is 0 Å². The number of hydrogen-bond acceptors (Lipinski definition) is 1. The molecule has 46 valence electrons. The Kier molecular flexibility index (Phi) is 3.08. The van der Waals surface area contributed by atoms with Gasteiger partial charge in [0.2, 0.25) is 0 Å². The Bertz CT molecular complexity index is 100. The van der Waals surface area contributed by atoms with Crippen LogP contribution in [0, 0.1) is 0 Å². The Morgan fingerprint density at radius 1 is 1.38 bits per heavy atom. The molecule has 0 spiro atoms. The summed E-state index contributed by atoms with van der Waals surface area (Å²) in [6, 6.07) is 0. The van der Waals surface area contributed by atoms with Crippen LogP contribution in [0.4, 0.5) is 4.39 Å². The van der Waals surface area contributed by atoms with Gasteiger partial charge in [-0.25, -0.2) is 4.99 Å². The van der Waals surface area contributed by atoms with E-state index in [0.717, 1.165) is 5.57 Å². The topological polar surface area (TPSA) is 12.4 Å². The van der Waals surface area contributed by atoms with Crippen molar-refractivity contribution < 1.29 is 4.39 Å². The van der Waals surface area contributed by atoms with Crippen LogP contribution in [-0.4, -0.2) is 5.97 Å². The van der Waals surface area contributed by atoms with Gasteiger partial charge in [0.1, 0.15) is 0 Å². The smallest absolute Gasteiger partial charge is 0.185 e. The fourth-order valence-corrected chi connectivity index (χ4v) is 0.218. The maximum Gasteiger partial charge on any atom is 0.185 e. The lowest BCUT2D eigenvalue weighted by Gasteiger charge is -1.81. The van der Waals surface area contributed by atoms with Gasteiger partial charge in [0, 0.05) is 13.1 Å². The largest absolute Gasteiger partial charge is 0.232 e. The average molecular weight is 115 g/mol. The summed E-state index contributed by atoms with van der Waals surface area (Å²) in [5, 5.41) is 0. The zero-order valence-electron chi connectivity index (χ0n) is 5.40. The summed E-state index contributed by atoms with van der Waals surface area (Å²) >= 11 is 0. The fraction of sp³-hybridized carbons (Fsp3) is 0.500. The highest BCUT2D eigenvalue weighted by molar-refractivity contribution is 5.72. The van der Waals surface area contributed by atoms with E-state index < -0.39 is 5.97 Å².